The Morgan fingerprint density at radius 2 is 1.69 bits per heavy atom. The van der Waals surface area contributed by atoms with Crippen LogP contribution in [-0.4, -0.2) is 42.5 Å². The zero-order valence-corrected chi connectivity index (χ0v) is 20.1. The summed E-state index contributed by atoms with van der Waals surface area (Å²) in [6, 6.07) is 14.7. The molecular formula is C26H36N2O4. The van der Waals surface area contributed by atoms with E-state index in [0.717, 1.165) is 5.56 Å². The van der Waals surface area contributed by atoms with Crippen LogP contribution >= 0.6 is 0 Å². The highest BCUT2D eigenvalue weighted by Gasteiger charge is 2.29. The second-order valence-corrected chi connectivity index (χ2v) is 8.47. The van der Waals surface area contributed by atoms with Crippen LogP contribution in [0.25, 0.3) is 0 Å². The molecule has 0 aromatic heterocycles. The summed E-state index contributed by atoms with van der Waals surface area (Å²) in [4.78, 5) is 27.7. The van der Waals surface area contributed by atoms with Gasteiger partial charge < -0.3 is 19.7 Å². The summed E-state index contributed by atoms with van der Waals surface area (Å²) in [7, 11) is 1.60. The molecule has 0 aliphatic heterocycles. The van der Waals surface area contributed by atoms with Crippen molar-refractivity contribution in [2.45, 2.75) is 65.6 Å². The van der Waals surface area contributed by atoms with Gasteiger partial charge in [0.2, 0.25) is 5.91 Å². The molecule has 0 fully saturated rings. The average Bonchev–Trinajstić information content (AvgIpc) is 2.77. The Bertz CT molecular complexity index is 878. The summed E-state index contributed by atoms with van der Waals surface area (Å²) in [5, 5.41) is 2.93. The lowest BCUT2D eigenvalue weighted by Crippen LogP contribution is -2.51. The van der Waals surface area contributed by atoms with Crippen molar-refractivity contribution in [2.75, 3.05) is 13.7 Å². The molecule has 1 N–H and O–H groups in total. The van der Waals surface area contributed by atoms with Gasteiger partial charge >= 0.3 is 0 Å². The number of carbonyl (C=O) groups is 2. The first-order valence-corrected chi connectivity index (χ1v) is 11.2. The lowest BCUT2D eigenvalue weighted by Gasteiger charge is -2.31. The van der Waals surface area contributed by atoms with E-state index in [2.05, 4.69) is 19.2 Å². The van der Waals surface area contributed by atoms with Gasteiger partial charge in [-0.25, -0.2) is 0 Å². The second kappa shape index (κ2) is 12.1. The zero-order valence-electron chi connectivity index (χ0n) is 20.1. The second-order valence-electron chi connectivity index (χ2n) is 8.47. The van der Waals surface area contributed by atoms with Crippen LogP contribution in [0.1, 0.15) is 58.1 Å². The van der Waals surface area contributed by atoms with E-state index in [1.54, 1.807) is 12.0 Å². The molecule has 2 rings (SSSR count). The highest BCUT2D eigenvalue weighted by atomic mass is 16.5. The molecule has 1 atom stereocenters. The fourth-order valence-electron chi connectivity index (χ4n) is 3.44. The van der Waals surface area contributed by atoms with Crippen LogP contribution in [0, 0.1) is 0 Å². The summed E-state index contributed by atoms with van der Waals surface area (Å²) in [6.07, 6.45) is 0.497. The average molecular weight is 441 g/mol. The van der Waals surface area contributed by atoms with E-state index in [0.29, 0.717) is 23.8 Å². The van der Waals surface area contributed by atoms with Gasteiger partial charge in [0.15, 0.2) is 6.61 Å². The summed E-state index contributed by atoms with van der Waals surface area (Å²) in [5.41, 5.74) is 2.09. The molecule has 6 heteroatoms. The number of rotatable bonds is 11. The van der Waals surface area contributed by atoms with Gasteiger partial charge in [0.25, 0.3) is 5.91 Å². The molecule has 0 saturated carbocycles. The van der Waals surface area contributed by atoms with Crippen molar-refractivity contribution in [3.63, 3.8) is 0 Å². The number of benzene rings is 2. The Kier molecular flexibility index (Phi) is 9.57. The van der Waals surface area contributed by atoms with Gasteiger partial charge in [-0.2, -0.15) is 0 Å². The Labute approximate surface area is 191 Å². The fourth-order valence-corrected chi connectivity index (χ4v) is 3.44. The van der Waals surface area contributed by atoms with E-state index in [1.807, 2.05) is 69.3 Å². The predicted molar refractivity (Wildman–Crippen MR) is 127 cm³/mol. The highest BCUT2D eigenvalue weighted by molar-refractivity contribution is 5.88. The molecule has 2 amide bonds. The van der Waals surface area contributed by atoms with E-state index < -0.39 is 6.04 Å². The molecule has 0 aliphatic rings. The van der Waals surface area contributed by atoms with E-state index in [4.69, 9.17) is 9.47 Å². The number of hydrogen-bond donors (Lipinski definition) is 1. The standard InChI is InChI=1S/C26H36N2O4/c1-7-24(26(30)27-19(4)5)28(16-20-9-8-10-23(15-20)31-6)25(29)17-32-22-13-11-21(12-14-22)18(2)3/h8-15,18-19,24H,7,16-17H2,1-6H3,(H,27,30)/t24-/m0/s1. The Morgan fingerprint density at radius 3 is 2.25 bits per heavy atom. The van der Waals surface area contributed by atoms with Gasteiger partial charge in [-0.05, 0) is 61.6 Å². The molecule has 0 heterocycles. The smallest absolute Gasteiger partial charge is 0.261 e. The number of hydrogen-bond acceptors (Lipinski definition) is 4. The third kappa shape index (κ3) is 7.29. The molecule has 0 aliphatic carbocycles. The van der Waals surface area contributed by atoms with E-state index in [1.165, 1.54) is 5.56 Å². The molecule has 0 bridgehead atoms. The molecule has 0 radical (unpaired) electrons. The van der Waals surface area contributed by atoms with Crippen LogP contribution in [0.5, 0.6) is 11.5 Å². The maximum absolute atomic E-state index is 13.2. The van der Waals surface area contributed by atoms with Crippen molar-refractivity contribution < 1.29 is 19.1 Å². The first-order valence-electron chi connectivity index (χ1n) is 11.2. The molecule has 32 heavy (non-hydrogen) atoms. The monoisotopic (exact) mass is 440 g/mol. The quantitative estimate of drug-likeness (QED) is 0.557. The molecule has 0 unspecified atom stereocenters. The van der Waals surface area contributed by atoms with Crippen molar-refractivity contribution in [1.29, 1.82) is 0 Å². The molecule has 6 nitrogen and oxygen atoms in total. The third-order valence-corrected chi connectivity index (χ3v) is 5.21. The van der Waals surface area contributed by atoms with Crippen molar-refractivity contribution in [3.05, 3.63) is 59.7 Å². The first kappa shape index (κ1) is 25.2. The van der Waals surface area contributed by atoms with Crippen LogP contribution in [-0.2, 0) is 16.1 Å². The van der Waals surface area contributed by atoms with Crippen molar-refractivity contribution >= 4 is 11.8 Å². The van der Waals surface area contributed by atoms with Gasteiger partial charge in [0.05, 0.1) is 7.11 Å². The van der Waals surface area contributed by atoms with Crippen molar-refractivity contribution in [2.24, 2.45) is 0 Å². The highest BCUT2D eigenvalue weighted by Crippen LogP contribution is 2.20. The number of nitrogens with zero attached hydrogens (tertiary/aromatic N) is 1. The Morgan fingerprint density at radius 1 is 1.00 bits per heavy atom. The van der Waals surface area contributed by atoms with Gasteiger partial charge in [-0.3, -0.25) is 9.59 Å². The van der Waals surface area contributed by atoms with Gasteiger partial charge in [-0.15, -0.1) is 0 Å². The number of methoxy groups -OCH3 is 1. The van der Waals surface area contributed by atoms with Crippen LogP contribution in [0.4, 0.5) is 0 Å². The Balaban J connectivity index is 2.20. The summed E-state index contributed by atoms with van der Waals surface area (Å²) < 4.78 is 11.1. The topological polar surface area (TPSA) is 67.9 Å². The zero-order chi connectivity index (χ0) is 23.7. The van der Waals surface area contributed by atoms with Gasteiger partial charge in [-0.1, -0.05) is 45.0 Å². The molecule has 174 valence electrons. The third-order valence-electron chi connectivity index (χ3n) is 5.21. The van der Waals surface area contributed by atoms with Crippen LogP contribution in [0.15, 0.2) is 48.5 Å². The van der Waals surface area contributed by atoms with Crippen molar-refractivity contribution in [3.8, 4) is 11.5 Å². The maximum atomic E-state index is 13.2. The minimum absolute atomic E-state index is 0.0129. The first-order chi connectivity index (χ1) is 15.2. The molecule has 2 aromatic rings. The van der Waals surface area contributed by atoms with Crippen molar-refractivity contribution in [1.82, 2.24) is 10.2 Å². The normalized spacial score (nSPS) is 11.9. The molecule has 0 saturated heterocycles. The summed E-state index contributed by atoms with van der Waals surface area (Å²) >= 11 is 0. The number of nitrogens with one attached hydrogen (secondary N) is 1. The lowest BCUT2D eigenvalue weighted by molar-refractivity contribution is -0.143. The maximum Gasteiger partial charge on any atom is 0.261 e. The largest absolute Gasteiger partial charge is 0.497 e. The number of ether oxygens (including phenoxy) is 2. The molecular weight excluding hydrogens is 404 g/mol. The minimum atomic E-state index is -0.594. The van der Waals surface area contributed by atoms with Gasteiger partial charge in [0, 0.05) is 12.6 Å². The van der Waals surface area contributed by atoms with Crippen LogP contribution in [0.3, 0.4) is 0 Å². The number of carbonyl (C=O) groups excluding carboxylic acids is 2. The van der Waals surface area contributed by atoms with E-state index >= 15 is 0 Å². The van der Waals surface area contributed by atoms with Crippen LogP contribution in [0.2, 0.25) is 0 Å². The molecule has 0 spiro atoms. The van der Waals surface area contributed by atoms with Crippen LogP contribution < -0.4 is 14.8 Å². The van der Waals surface area contributed by atoms with E-state index in [-0.39, 0.29) is 31.0 Å². The minimum Gasteiger partial charge on any atom is -0.497 e. The summed E-state index contributed by atoms with van der Waals surface area (Å²) in [5.74, 6) is 1.35. The summed E-state index contributed by atoms with van der Waals surface area (Å²) in [6.45, 7) is 10.1. The lowest BCUT2D eigenvalue weighted by atomic mass is 10.0. The molecule has 2 aromatic carbocycles. The number of amides is 2. The predicted octanol–water partition coefficient (Wildman–Crippen LogP) is 4.53. The Hall–Kier alpha value is -3.02. The SMILES string of the molecule is CC[C@@H](C(=O)NC(C)C)N(Cc1cccc(OC)c1)C(=O)COc1ccc(C(C)C)cc1. The van der Waals surface area contributed by atoms with Gasteiger partial charge in [0.1, 0.15) is 17.5 Å². The van der Waals surface area contributed by atoms with E-state index in [9.17, 15) is 9.59 Å². The fraction of sp³-hybridized carbons (Fsp3) is 0.462.